The number of aromatic nitrogens is 3. The van der Waals surface area contributed by atoms with E-state index in [1.807, 2.05) is 42.2 Å². The fourth-order valence-corrected chi connectivity index (χ4v) is 5.22. The number of nitrogens with zero attached hydrogens (tertiary/aromatic N) is 5. The number of hydrogen-bond acceptors (Lipinski definition) is 5. The molecule has 2 aromatic heterocycles. The fourth-order valence-electron chi connectivity index (χ4n) is 3.65. The molecule has 0 atom stereocenters. The lowest BCUT2D eigenvalue weighted by molar-refractivity contribution is 0.0541. The van der Waals surface area contributed by atoms with Crippen LogP contribution in [0.15, 0.2) is 41.4 Å². The second-order valence-electron chi connectivity index (χ2n) is 7.02. The molecule has 0 spiro atoms. The lowest BCUT2D eigenvalue weighted by Crippen LogP contribution is -2.49. The van der Waals surface area contributed by atoms with Crippen LogP contribution >= 0.6 is 0 Å². The van der Waals surface area contributed by atoms with Crippen molar-refractivity contribution in [1.29, 1.82) is 0 Å². The van der Waals surface area contributed by atoms with Crippen LogP contribution < -0.4 is 4.90 Å². The van der Waals surface area contributed by atoms with Crippen LogP contribution in [0.5, 0.6) is 0 Å². The molecule has 10 heteroatoms. The van der Waals surface area contributed by atoms with Crippen molar-refractivity contribution in [2.24, 2.45) is 0 Å². The van der Waals surface area contributed by atoms with Crippen molar-refractivity contribution in [2.75, 3.05) is 31.1 Å². The Balaban J connectivity index is 1.54. The topological polar surface area (TPSA) is 71.3 Å². The van der Waals surface area contributed by atoms with Crippen LogP contribution in [-0.2, 0) is 10.0 Å². The van der Waals surface area contributed by atoms with Crippen LogP contribution in [0.2, 0.25) is 0 Å². The number of sulfonamides is 1. The molecule has 1 aliphatic rings. The number of benzene rings is 1. The first kappa shape index (κ1) is 19.7. The van der Waals surface area contributed by atoms with Crippen molar-refractivity contribution in [1.82, 2.24) is 19.1 Å². The lowest BCUT2D eigenvalue weighted by Gasteiger charge is -2.34. The largest absolute Gasteiger partial charge is 0.354 e. The summed E-state index contributed by atoms with van der Waals surface area (Å²) in [6.45, 7) is 1.91. The van der Waals surface area contributed by atoms with E-state index in [-0.39, 0.29) is 23.7 Å². The van der Waals surface area contributed by atoms with E-state index in [1.165, 1.54) is 11.2 Å². The highest BCUT2D eigenvalue weighted by Crippen LogP contribution is 2.26. The molecule has 3 aromatic rings. The zero-order chi connectivity index (χ0) is 20.8. The summed E-state index contributed by atoms with van der Waals surface area (Å²) in [6, 6.07) is 9.89. The molecule has 0 amide bonds. The molecule has 29 heavy (non-hydrogen) atoms. The zero-order valence-electron chi connectivity index (χ0n) is 16.1. The third-order valence-electron chi connectivity index (χ3n) is 5.27. The van der Waals surface area contributed by atoms with E-state index < -0.39 is 16.6 Å². The van der Waals surface area contributed by atoms with Crippen LogP contribution in [-0.4, -0.2) is 53.7 Å². The van der Waals surface area contributed by atoms with E-state index in [1.54, 1.807) is 0 Å². The maximum Gasteiger partial charge on any atom is 0.333 e. The average Bonchev–Trinajstić information content (AvgIpc) is 3.10. The molecule has 7 nitrogen and oxygen atoms in total. The molecular formula is C19H21F2N5O2S. The molecule has 0 saturated carbocycles. The Hall–Kier alpha value is -2.59. The molecule has 1 aromatic carbocycles. The number of hydrogen-bond donors (Lipinski definition) is 0. The van der Waals surface area contributed by atoms with Crippen molar-refractivity contribution in [3.05, 3.63) is 47.8 Å². The predicted molar refractivity (Wildman–Crippen MR) is 106 cm³/mol. The minimum atomic E-state index is -3.88. The van der Waals surface area contributed by atoms with Gasteiger partial charge in [-0.3, -0.25) is 0 Å². The fraction of sp³-hybridized carbons (Fsp3) is 0.368. The third-order valence-corrected chi connectivity index (χ3v) is 7.28. The van der Waals surface area contributed by atoms with Gasteiger partial charge in [0, 0.05) is 31.6 Å². The summed E-state index contributed by atoms with van der Waals surface area (Å²) in [5.74, 6) is 0.806. The first-order valence-corrected chi connectivity index (χ1v) is 10.7. The number of rotatable bonds is 4. The molecule has 1 saturated heterocycles. The van der Waals surface area contributed by atoms with Crippen LogP contribution in [0, 0.1) is 13.8 Å². The van der Waals surface area contributed by atoms with Crippen LogP contribution in [0.4, 0.5) is 14.6 Å². The highest BCUT2D eigenvalue weighted by molar-refractivity contribution is 7.89. The number of pyridine rings is 1. The summed E-state index contributed by atoms with van der Waals surface area (Å²) >= 11 is 0. The first-order valence-electron chi connectivity index (χ1n) is 9.23. The van der Waals surface area contributed by atoms with E-state index >= 15 is 0 Å². The summed E-state index contributed by atoms with van der Waals surface area (Å²) < 4.78 is 53.4. The van der Waals surface area contributed by atoms with Gasteiger partial charge in [-0.05, 0) is 31.5 Å². The molecule has 3 heterocycles. The lowest BCUT2D eigenvalue weighted by atomic mass is 10.1. The van der Waals surface area contributed by atoms with Gasteiger partial charge in [0.2, 0.25) is 10.0 Å². The number of fused-ring (bicyclic) bond motifs is 1. The smallest absolute Gasteiger partial charge is 0.333 e. The van der Waals surface area contributed by atoms with Gasteiger partial charge in [-0.1, -0.05) is 18.2 Å². The average molecular weight is 421 g/mol. The Morgan fingerprint density at radius 3 is 2.41 bits per heavy atom. The molecular weight excluding hydrogens is 400 g/mol. The third kappa shape index (κ3) is 3.46. The molecule has 0 aliphatic carbocycles. The Morgan fingerprint density at radius 1 is 1.07 bits per heavy atom. The maximum absolute atomic E-state index is 12.9. The quantitative estimate of drug-likeness (QED) is 0.648. The Kier molecular flexibility index (Phi) is 4.99. The molecule has 0 N–H and O–H groups in total. The van der Waals surface area contributed by atoms with Gasteiger partial charge < -0.3 is 4.90 Å². The van der Waals surface area contributed by atoms with Gasteiger partial charge in [0.25, 0.3) is 0 Å². The second kappa shape index (κ2) is 7.34. The maximum atomic E-state index is 12.9. The summed E-state index contributed by atoms with van der Waals surface area (Å²) in [7, 11) is -3.88. The monoisotopic (exact) mass is 421 g/mol. The van der Waals surface area contributed by atoms with Gasteiger partial charge in [-0.25, -0.2) is 18.1 Å². The molecule has 0 unspecified atom stereocenters. The SMILES string of the molecule is Cc1cc(N2CCN(S(=O)(=O)c3cnn(C(F)F)c3C)CC2)nc2ccccc12. The molecule has 4 rings (SSSR count). The van der Waals surface area contributed by atoms with Crippen LogP contribution in [0.3, 0.4) is 0 Å². The molecule has 1 aliphatic heterocycles. The normalized spacial score (nSPS) is 16.1. The minimum absolute atomic E-state index is 0.0609. The number of para-hydroxylation sites is 1. The molecule has 0 radical (unpaired) electrons. The van der Waals surface area contributed by atoms with Gasteiger partial charge in [0.05, 0.1) is 17.4 Å². The summed E-state index contributed by atoms with van der Waals surface area (Å²) in [4.78, 5) is 6.57. The molecule has 1 fully saturated rings. The van der Waals surface area contributed by atoms with Crippen molar-refractivity contribution >= 4 is 26.7 Å². The van der Waals surface area contributed by atoms with Crippen molar-refractivity contribution in [2.45, 2.75) is 25.3 Å². The number of piperazine rings is 1. The Bertz CT molecular complexity index is 1150. The highest BCUT2D eigenvalue weighted by Gasteiger charge is 2.32. The van der Waals surface area contributed by atoms with Crippen molar-refractivity contribution < 1.29 is 17.2 Å². The van der Waals surface area contributed by atoms with E-state index in [4.69, 9.17) is 4.98 Å². The molecule has 154 valence electrons. The van der Waals surface area contributed by atoms with Gasteiger partial charge in [0.15, 0.2) is 0 Å². The number of anilines is 1. The van der Waals surface area contributed by atoms with Gasteiger partial charge in [0.1, 0.15) is 10.7 Å². The van der Waals surface area contributed by atoms with E-state index in [0.717, 1.165) is 28.5 Å². The van der Waals surface area contributed by atoms with Crippen molar-refractivity contribution in [3.8, 4) is 0 Å². The number of halogens is 2. The zero-order valence-corrected chi connectivity index (χ0v) is 16.9. The summed E-state index contributed by atoms with van der Waals surface area (Å²) in [6.07, 6.45) is 0.997. The van der Waals surface area contributed by atoms with E-state index in [2.05, 4.69) is 5.10 Å². The number of alkyl halides is 2. The second-order valence-corrected chi connectivity index (χ2v) is 8.93. The highest BCUT2D eigenvalue weighted by atomic mass is 32.2. The summed E-state index contributed by atoms with van der Waals surface area (Å²) in [5.41, 5.74) is 1.94. The first-order chi connectivity index (χ1) is 13.8. The van der Waals surface area contributed by atoms with Gasteiger partial charge in [-0.2, -0.15) is 18.2 Å². The Labute approximate surface area is 167 Å². The predicted octanol–water partition coefficient (Wildman–Crippen LogP) is 2.95. The van der Waals surface area contributed by atoms with E-state index in [0.29, 0.717) is 17.8 Å². The van der Waals surface area contributed by atoms with Crippen molar-refractivity contribution in [3.63, 3.8) is 0 Å². The molecule has 0 bridgehead atoms. The minimum Gasteiger partial charge on any atom is -0.354 e. The summed E-state index contributed by atoms with van der Waals surface area (Å²) in [5, 5.41) is 4.60. The standard InChI is InChI=1S/C19H21F2N5O2S/c1-13-11-18(23-16-6-4-3-5-15(13)16)24-7-9-25(10-8-24)29(27,28)17-12-22-26(14(17)2)19(20)21/h3-6,11-12,19H,7-10H2,1-2H3. The van der Waals surface area contributed by atoms with E-state index in [9.17, 15) is 17.2 Å². The van der Waals surface area contributed by atoms with Gasteiger partial charge >= 0.3 is 6.55 Å². The van der Waals surface area contributed by atoms with Gasteiger partial charge in [-0.15, -0.1) is 0 Å². The Morgan fingerprint density at radius 2 is 1.76 bits per heavy atom. The number of aryl methyl sites for hydroxylation is 1. The van der Waals surface area contributed by atoms with Crippen LogP contribution in [0.1, 0.15) is 17.8 Å². The van der Waals surface area contributed by atoms with Crippen LogP contribution in [0.25, 0.3) is 10.9 Å².